The standard InChI is InChI=1S/C24H24B2N2O4.CH4.2BrH/c29-25(30)23-5-1-3-19(15-23)17-27-11-7-21(8-12-27)22-9-13-28(14-10-22)18-20-4-2-6-24(16-20)26(31)32;;;/h1-16,29-32H,17-18H2;1H4;2*1H/q+2;;;/p-2. The molecule has 2 aromatic heterocycles. The summed E-state index contributed by atoms with van der Waals surface area (Å²) >= 11 is 0. The van der Waals surface area contributed by atoms with E-state index in [2.05, 4.69) is 24.3 Å². The second-order valence-corrected chi connectivity index (χ2v) is 7.76. The van der Waals surface area contributed by atoms with Crippen molar-refractivity contribution >= 4 is 25.2 Å². The Kier molecular flexibility index (Phi) is 12.5. The molecule has 4 N–H and O–H groups in total. The number of rotatable bonds is 7. The van der Waals surface area contributed by atoms with Gasteiger partial charge in [0.25, 0.3) is 0 Å². The lowest BCUT2D eigenvalue weighted by molar-refractivity contribution is -0.688. The number of benzene rings is 2. The van der Waals surface area contributed by atoms with Crippen molar-refractivity contribution in [1.82, 2.24) is 0 Å². The van der Waals surface area contributed by atoms with E-state index in [9.17, 15) is 20.1 Å². The van der Waals surface area contributed by atoms with E-state index in [1.165, 1.54) is 0 Å². The number of aromatic nitrogens is 2. The minimum absolute atomic E-state index is 0. The van der Waals surface area contributed by atoms with Crippen LogP contribution in [0.3, 0.4) is 0 Å². The van der Waals surface area contributed by atoms with Gasteiger partial charge in [-0.05, 0) is 22.1 Å². The van der Waals surface area contributed by atoms with Crippen LogP contribution in [0.25, 0.3) is 11.1 Å². The predicted molar refractivity (Wildman–Crippen MR) is 130 cm³/mol. The second kappa shape index (κ2) is 14.3. The fourth-order valence-electron chi connectivity index (χ4n) is 3.64. The molecular formula is C25H28B2Br2N2O4. The van der Waals surface area contributed by atoms with Crippen molar-refractivity contribution in [2.24, 2.45) is 0 Å². The molecular weight excluding hydrogens is 574 g/mol. The number of nitrogens with zero attached hydrogens (tertiary/aromatic N) is 2. The molecule has 2 aromatic carbocycles. The summed E-state index contributed by atoms with van der Waals surface area (Å²) in [6.45, 7) is 1.27. The van der Waals surface area contributed by atoms with Crippen molar-refractivity contribution in [1.29, 1.82) is 0 Å². The fraction of sp³-hybridized carbons (Fsp3) is 0.120. The molecule has 0 bridgehead atoms. The Hall–Kier alpha value is -2.33. The Morgan fingerprint density at radius 2 is 0.886 bits per heavy atom. The predicted octanol–water partition coefficient (Wildman–Crippen LogP) is -5.97. The van der Waals surface area contributed by atoms with Crippen molar-refractivity contribution in [3.8, 4) is 11.1 Å². The van der Waals surface area contributed by atoms with Crippen molar-refractivity contribution in [2.45, 2.75) is 20.5 Å². The zero-order valence-electron chi connectivity index (χ0n) is 18.2. The van der Waals surface area contributed by atoms with E-state index in [1.54, 1.807) is 24.3 Å². The molecule has 0 atom stereocenters. The Morgan fingerprint density at radius 1 is 0.543 bits per heavy atom. The van der Waals surface area contributed by atoms with Gasteiger partial charge in [-0.3, -0.25) is 0 Å². The maximum atomic E-state index is 9.34. The molecule has 4 aromatic rings. The Bertz CT molecular complexity index is 1100. The van der Waals surface area contributed by atoms with Gasteiger partial charge < -0.3 is 54.1 Å². The van der Waals surface area contributed by atoms with Gasteiger partial charge in [-0.2, -0.15) is 0 Å². The minimum atomic E-state index is -1.46. The molecule has 35 heavy (non-hydrogen) atoms. The Balaban J connectivity index is 0.00000204. The van der Waals surface area contributed by atoms with Gasteiger partial charge in [-0.1, -0.05) is 56.0 Å². The highest BCUT2D eigenvalue weighted by molar-refractivity contribution is 6.58. The van der Waals surface area contributed by atoms with Crippen LogP contribution in [0.2, 0.25) is 0 Å². The highest BCUT2D eigenvalue weighted by atomic mass is 79.9. The Morgan fingerprint density at radius 3 is 1.20 bits per heavy atom. The van der Waals surface area contributed by atoms with Gasteiger partial charge >= 0.3 is 14.2 Å². The van der Waals surface area contributed by atoms with Crippen molar-refractivity contribution < 1.29 is 63.2 Å². The largest absolute Gasteiger partial charge is 1.00 e. The van der Waals surface area contributed by atoms with E-state index >= 15 is 0 Å². The van der Waals surface area contributed by atoms with E-state index in [1.807, 2.05) is 58.2 Å². The maximum Gasteiger partial charge on any atom is 0.488 e. The number of halogens is 2. The summed E-state index contributed by atoms with van der Waals surface area (Å²) in [4.78, 5) is 0. The van der Waals surface area contributed by atoms with Crippen LogP contribution < -0.4 is 54.0 Å². The molecule has 0 aliphatic heterocycles. The topological polar surface area (TPSA) is 88.7 Å². The third kappa shape index (κ3) is 8.38. The van der Waals surface area contributed by atoms with Crippen LogP contribution in [0.15, 0.2) is 97.6 Å². The van der Waals surface area contributed by atoms with E-state index in [4.69, 9.17) is 0 Å². The van der Waals surface area contributed by atoms with Gasteiger partial charge in [0, 0.05) is 35.4 Å². The summed E-state index contributed by atoms with van der Waals surface area (Å²) in [5, 5.41) is 37.4. The molecule has 0 amide bonds. The molecule has 0 fully saturated rings. The molecule has 0 saturated carbocycles. The first-order valence-electron chi connectivity index (χ1n) is 10.4. The van der Waals surface area contributed by atoms with Crippen molar-refractivity contribution in [2.75, 3.05) is 0 Å². The number of hydrogen-bond acceptors (Lipinski definition) is 4. The first-order valence-corrected chi connectivity index (χ1v) is 10.4. The molecule has 0 spiro atoms. The van der Waals surface area contributed by atoms with Gasteiger partial charge in [0.2, 0.25) is 0 Å². The lowest BCUT2D eigenvalue weighted by Gasteiger charge is -2.04. The van der Waals surface area contributed by atoms with Crippen LogP contribution in [0.5, 0.6) is 0 Å². The fourth-order valence-corrected chi connectivity index (χ4v) is 3.64. The van der Waals surface area contributed by atoms with E-state index in [0.29, 0.717) is 24.0 Å². The summed E-state index contributed by atoms with van der Waals surface area (Å²) in [6, 6.07) is 22.7. The van der Waals surface area contributed by atoms with Crippen molar-refractivity contribution in [3.05, 3.63) is 109 Å². The molecule has 10 heteroatoms. The van der Waals surface area contributed by atoms with Crippen molar-refractivity contribution in [3.63, 3.8) is 0 Å². The first-order chi connectivity index (χ1) is 15.5. The van der Waals surface area contributed by atoms with Crippen LogP contribution in [0.1, 0.15) is 18.6 Å². The van der Waals surface area contributed by atoms with Gasteiger partial charge in [-0.25, -0.2) is 9.13 Å². The van der Waals surface area contributed by atoms with Gasteiger partial charge in [-0.15, -0.1) is 0 Å². The van der Waals surface area contributed by atoms with Crippen LogP contribution >= 0.6 is 0 Å². The van der Waals surface area contributed by atoms with Crippen LogP contribution in [0.4, 0.5) is 0 Å². The second-order valence-electron chi connectivity index (χ2n) is 7.76. The van der Waals surface area contributed by atoms with E-state index in [0.717, 1.165) is 22.3 Å². The molecule has 0 aliphatic carbocycles. The van der Waals surface area contributed by atoms with Crippen LogP contribution in [-0.2, 0) is 13.1 Å². The zero-order chi connectivity index (χ0) is 22.5. The molecule has 0 saturated heterocycles. The maximum absolute atomic E-state index is 9.34. The van der Waals surface area contributed by atoms with Gasteiger partial charge in [0.15, 0.2) is 37.9 Å². The highest BCUT2D eigenvalue weighted by Gasteiger charge is 2.14. The summed E-state index contributed by atoms with van der Waals surface area (Å²) in [5.41, 5.74) is 5.14. The molecule has 182 valence electrons. The first kappa shape index (κ1) is 30.7. The Labute approximate surface area is 228 Å². The third-order valence-corrected chi connectivity index (χ3v) is 5.34. The summed E-state index contributed by atoms with van der Waals surface area (Å²) in [7, 11) is -2.93. The smallest absolute Gasteiger partial charge is 0.488 e. The number of hydrogen-bond donors (Lipinski definition) is 4. The zero-order valence-corrected chi connectivity index (χ0v) is 21.4. The molecule has 0 aliphatic rings. The lowest BCUT2D eigenvalue weighted by Crippen LogP contribution is -3.00. The molecule has 0 radical (unpaired) electrons. The van der Waals surface area contributed by atoms with Crippen LogP contribution in [-0.4, -0.2) is 34.3 Å². The average Bonchev–Trinajstić information content (AvgIpc) is 2.80. The molecule has 0 unspecified atom stereocenters. The molecule has 2 heterocycles. The highest BCUT2D eigenvalue weighted by Crippen LogP contribution is 2.16. The monoisotopic (exact) mass is 600 g/mol. The van der Waals surface area contributed by atoms with Gasteiger partial charge in [0.05, 0.1) is 0 Å². The normalized spacial score (nSPS) is 9.83. The quantitative estimate of drug-likeness (QED) is 0.126. The number of pyridine rings is 2. The lowest BCUT2D eigenvalue weighted by atomic mass is 9.79. The van der Waals surface area contributed by atoms with E-state index in [-0.39, 0.29) is 41.4 Å². The molecule has 4 rings (SSSR count). The summed E-state index contributed by atoms with van der Waals surface area (Å²) in [6.07, 6.45) is 8.02. The SMILES string of the molecule is C.OB(O)c1cccc(C[n+]2ccc(-c3cc[n+](Cc4cccc(B(O)O)c4)cc3)cc2)c1.[Br-].[Br-]. The summed E-state index contributed by atoms with van der Waals surface area (Å²) < 4.78 is 4.08. The third-order valence-electron chi connectivity index (χ3n) is 5.34. The molecule has 6 nitrogen and oxygen atoms in total. The summed E-state index contributed by atoms with van der Waals surface area (Å²) in [5.74, 6) is 0. The average molecular weight is 602 g/mol. The van der Waals surface area contributed by atoms with Gasteiger partial charge in [0.1, 0.15) is 0 Å². The minimum Gasteiger partial charge on any atom is -1.00 e. The van der Waals surface area contributed by atoms with Crippen LogP contribution in [0, 0.1) is 0 Å². The van der Waals surface area contributed by atoms with E-state index < -0.39 is 14.2 Å².